The van der Waals surface area contributed by atoms with Crippen molar-refractivity contribution in [2.24, 2.45) is 7.05 Å². The Morgan fingerprint density at radius 2 is 2.06 bits per heavy atom. The second kappa shape index (κ2) is 8.92. The molecule has 1 saturated heterocycles. The Bertz CT molecular complexity index is 1370. The van der Waals surface area contributed by atoms with E-state index in [2.05, 4.69) is 64.3 Å². The van der Waals surface area contributed by atoms with E-state index in [1.54, 1.807) is 29.5 Å². The minimum absolute atomic E-state index is 0. The van der Waals surface area contributed by atoms with E-state index < -0.39 is 0 Å². The molecule has 6 rings (SSSR count). The number of rotatable bonds is 3. The summed E-state index contributed by atoms with van der Waals surface area (Å²) in [5, 5.41) is 4.63. The van der Waals surface area contributed by atoms with Crippen LogP contribution in [0.25, 0.3) is 11.0 Å². The van der Waals surface area contributed by atoms with Crippen LogP contribution in [0, 0.1) is 0 Å². The first-order valence-corrected chi connectivity index (χ1v) is 13.0. The Labute approximate surface area is 208 Å². The van der Waals surface area contributed by atoms with E-state index in [9.17, 15) is 4.79 Å². The van der Waals surface area contributed by atoms with Crippen LogP contribution in [0.3, 0.4) is 0 Å². The van der Waals surface area contributed by atoms with Gasteiger partial charge in [0.1, 0.15) is 5.65 Å². The Kier molecular flexibility index (Phi) is 5.73. The van der Waals surface area contributed by atoms with Gasteiger partial charge in [-0.2, -0.15) is 0 Å². The number of aromatic nitrogens is 2. The fraction of sp³-hybridized carbons (Fsp3) is 0.448. The van der Waals surface area contributed by atoms with Crippen molar-refractivity contribution in [1.82, 2.24) is 19.8 Å². The Balaban J connectivity index is 0.00000267. The Morgan fingerprint density at radius 3 is 2.94 bits per heavy atom. The molecule has 3 aromatic rings. The summed E-state index contributed by atoms with van der Waals surface area (Å²) >= 11 is 0. The summed E-state index contributed by atoms with van der Waals surface area (Å²) in [6, 6.07) is 14.3. The Morgan fingerprint density at radius 1 is 1.17 bits per heavy atom. The predicted molar refractivity (Wildman–Crippen MR) is 144 cm³/mol. The molecule has 0 spiro atoms. The molecule has 5 heterocycles. The molecular formula is C29H37N5O. The number of benzene rings is 1. The fourth-order valence-corrected chi connectivity index (χ4v) is 6.24. The first kappa shape index (κ1) is 22.5. The van der Waals surface area contributed by atoms with E-state index in [1.165, 1.54) is 16.7 Å². The van der Waals surface area contributed by atoms with Crippen LogP contribution in [0.1, 0.15) is 50.8 Å². The maximum Gasteiger partial charge on any atom is 0.253 e. The van der Waals surface area contributed by atoms with E-state index >= 15 is 0 Å². The third kappa shape index (κ3) is 4.09. The van der Waals surface area contributed by atoms with E-state index in [0.717, 1.165) is 62.2 Å². The summed E-state index contributed by atoms with van der Waals surface area (Å²) in [7, 11) is 1.80. The fourth-order valence-electron chi connectivity index (χ4n) is 6.24. The predicted octanol–water partition coefficient (Wildman–Crippen LogP) is 4.19. The molecule has 0 unspecified atom stereocenters. The summed E-state index contributed by atoms with van der Waals surface area (Å²) in [6.07, 6.45) is 7.53. The highest BCUT2D eigenvalue weighted by atomic mass is 16.1. The average molecular weight is 472 g/mol. The second-order valence-corrected chi connectivity index (χ2v) is 10.7. The molecule has 6 nitrogen and oxygen atoms in total. The third-order valence-electron chi connectivity index (χ3n) is 8.21. The number of hydrogen-bond acceptors (Lipinski definition) is 5. The molecule has 6 heteroatoms. The highest BCUT2D eigenvalue weighted by Crippen LogP contribution is 2.41. The van der Waals surface area contributed by atoms with E-state index in [-0.39, 0.29) is 6.99 Å². The number of piperazine rings is 1. The zero-order valence-corrected chi connectivity index (χ0v) is 21.0. The molecule has 3 atom stereocenters. The molecule has 35 heavy (non-hydrogen) atoms. The summed E-state index contributed by atoms with van der Waals surface area (Å²) < 4.78 is 1.64. The number of nitrogens with one attached hydrogen (secondary N) is 1. The smallest absolute Gasteiger partial charge is 0.253 e. The van der Waals surface area contributed by atoms with Gasteiger partial charge >= 0.3 is 0 Å². The lowest BCUT2D eigenvalue weighted by Gasteiger charge is -2.43. The molecule has 1 N–H and O–H groups in total. The first-order valence-electron chi connectivity index (χ1n) is 13.0. The highest BCUT2D eigenvalue weighted by molar-refractivity contribution is 5.89. The lowest BCUT2D eigenvalue weighted by molar-refractivity contribution is 0.134. The average Bonchev–Trinajstić information content (AvgIpc) is 3.10. The normalized spacial score (nSPS) is 24.7. The van der Waals surface area contributed by atoms with Gasteiger partial charge in [0.25, 0.3) is 5.56 Å². The number of nitrogens with zero attached hydrogens (tertiary/aromatic N) is 4. The SMILES string of the molecule is C[C@@H]1CN(c2cc(=O)n(C)c3ncccc23)C[C@@H]2c3ccc(CC4=CC[C@H](C)NCC4)cc3CN12.[HH]. The largest absolute Gasteiger partial charge is 0.367 e. The molecule has 0 saturated carbocycles. The van der Waals surface area contributed by atoms with Gasteiger partial charge in [0, 0.05) is 57.8 Å². The molecule has 3 aliphatic rings. The first-order chi connectivity index (χ1) is 17.0. The quantitative estimate of drug-likeness (QED) is 0.581. The maximum atomic E-state index is 12.7. The summed E-state index contributed by atoms with van der Waals surface area (Å²) in [5.74, 6) is 0. The van der Waals surface area contributed by atoms with Gasteiger partial charge in [-0.25, -0.2) is 4.98 Å². The minimum atomic E-state index is -0.00448. The van der Waals surface area contributed by atoms with Crippen molar-refractivity contribution in [3.05, 3.63) is 81.3 Å². The van der Waals surface area contributed by atoms with Gasteiger partial charge in [0.05, 0.1) is 11.7 Å². The van der Waals surface area contributed by atoms with Crippen LogP contribution in [0.15, 0.2) is 59.0 Å². The molecule has 1 fully saturated rings. The topological polar surface area (TPSA) is 53.4 Å². The van der Waals surface area contributed by atoms with Gasteiger partial charge in [-0.05, 0) is 68.5 Å². The van der Waals surface area contributed by atoms with Crippen molar-refractivity contribution in [2.75, 3.05) is 24.5 Å². The van der Waals surface area contributed by atoms with Gasteiger partial charge in [0.2, 0.25) is 0 Å². The lowest BCUT2D eigenvalue weighted by Crippen LogP contribution is -2.51. The van der Waals surface area contributed by atoms with Crippen LogP contribution in [-0.2, 0) is 20.0 Å². The van der Waals surface area contributed by atoms with Crippen molar-refractivity contribution < 1.29 is 1.43 Å². The molecular weight excluding hydrogens is 434 g/mol. The van der Waals surface area contributed by atoms with Crippen molar-refractivity contribution in [1.29, 1.82) is 0 Å². The van der Waals surface area contributed by atoms with Crippen LogP contribution >= 0.6 is 0 Å². The van der Waals surface area contributed by atoms with Crippen LogP contribution in [0.5, 0.6) is 0 Å². The van der Waals surface area contributed by atoms with Crippen molar-refractivity contribution in [2.45, 2.75) is 57.8 Å². The van der Waals surface area contributed by atoms with Gasteiger partial charge in [-0.15, -0.1) is 0 Å². The van der Waals surface area contributed by atoms with Crippen LogP contribution in [-0.4, -0.2) is 46.2 Å². The number of aryl methyl sites for hydroxylation is 1. The number of hydrogen-bond donors (Lipinski definition) is 1. The minimum Gasteiger partial charge on any atom is -0.367 e. The summed E-state index contributed by atoms with van der Waals surface area (Å²) in [4.78, 5) is 22.3. The Hall–Kier alpha value is -2.96. The van der Waals surface area contributed by atoms with Gasteiger partial charge in [0.15, 0.2) is 0 Å². The number of fused-ring (bicyclic) bond motifs is 4. The lowest BCUT2D eigenvalue weighted by atomic mass is 9.96. The van der Waals surface area contributed by atoms with E-state index in [1.807, 2.05) is 6.07 Å². The molecule has 184 valence electrons. The van der Waals surface area contributed by atoms with Crippen LogP contribution < -0.4 is 15.8 Å². The maximum absolute atomic E-state index is 12.7. The molecule has 0 amide bonds. The van der Waals surface area contributed by atoms with Crippen LogP contribution in [0.2, 0.25) is 0 Å². The van der Waals surface area contributed by atoms with Crippen molar-refractivity contribution >= 4 is 16.7 Å². The zero-order chi connectivity index (χ0) is 24.1. The molecule has 0 radical (unpaired) electrons. The number of pyridine rings is 2. The van der Waals surface area contributed by atoms with Gasteiger partial charge < -0.3 is 10.2 Å². The van der Waals surface area contributed by atoms with E-state index in [4.69, 9.17) is 0 Å². The molecule has 2 aromatic heterocycles. The van der Waals surface area contributed by atoms with Gasteiger partial charge in [-0.3, -0.25) is 14.3 Å². The van der Waals surface area contributed by atoms with E-state index in [0.29, 0.717) is 18.1 Å². The summed E-state index contributed by atoms with van der Waals surface area (Å²) in [6.45, 7) is 8.47. The van der Waals surface area contributed by atoms with Crippen molar-refractivity contribution in [3.63, 3.8) is 0 Å². The molecule has 0 aliphatic carbocycles. The molecule has 3 aliphatic heterocycles. The van der Waals surface area contributed by atoms with Crippen LogP contribution in [0.4, 0.5) is 5.69 Å². The standard InChI is InChI=1S/C29H35N5O.H2/c1-19-6-7-21(10-12-30-19)13-22-8-9-24-23(14-22)17-34-20(2)16-33(18-27(24)34)26-15-28(35)32(3)29-25(26)5-4-11-31-29;/h4-5,7-9,11,14-15,19-20,27,30H,6,10,12-13,16-18H2,1-3H3;1H/t19-,20+,27+;/m0./s1. The summed E-state index contributed by atoms with van der Waals surface area (Å²) in [5.41, 5.74) is 7.66. The molecule has 1 aromatic carbocycles. The second-order valence-electron chi connectivity index (χ2n) is 10.7. The van der Waals surface area contributed by atoms with Crippen molar-refractivity contribution in [3.8, 4) is 0 Å². The third-order valence-corrected chi connectivity index (χ3v) is 8.21. The molecule has 0 bridgehead atoms. The number of anilines is 1. The zero-order valence-electron chi connectivity index (χ0n) is 21.0. The van der Waals surface area contributed by atoms with Gasteiger partial charge in [-0.1, -0.05) is 29.8 Å². The highest BCUT2D eigenvalue weighted by Gasteiger charge is 2.39. The monoisotopic (exact) mass is 471 g/mol.